The minimum Gasteiger partial charge on any atom is -0.478 e. The van der Waals surface area contributed by atoms with Crippen LogP contribution in [0.4, 0.5) is 5.69 Å². The van der Waals surface area contributed by atoms with Gasteiger partial charge in [0, 0.05) is 44.4 Å². The van der Waals surface area contributed by atoms with E-state index >= 15 is 0 Å². The summed E-state index contributed by atoms with van der Waals surface area (Å²) in [5.74, 6) is -0.736. The van der Waals surface area contributed by atoms with Gasteiger partial charge in [-0.1, -0.05) is 47.4 Å². The summed E-state index contributed by atoms with van der Waals surface area (Å²) in [6.07, 6.45) is 0.591. The third kappa shape index (κ3) is 8.18. The van der Waals surface area contributed by atoms with E-state index in [4.69, 9.17) is 49.0 Å². The maximum absolute atomic E-state index is 13.9. The summed E-state index contributed by atoms with van der Waals surface area (Å²) in [4.78, 5) is 53.1. The predicted molar refractivity (Wildman–Crippen MR) is 196 cm³/mol. The highest BCUT2D eigenvalue weighted by molar-refractivity contribution is 8.00. The molecule has 6 rings (SSSR count). The highest BCUT2D eigenvalue weighted by Gasteiger charge is 2.55. The zero-order valence-corrected chi connectivity index (χ0v) is 30.2. The van der Waals surface area contributed by atoms with Crippen LogP contribution in [0, 0.1) is 10.1 Å². The van der Waals surface area contributed by atoms with Crippen LogP contribution in [-0.4, -0.2) is 50.9 Å². The molecule has 3 aromatic carbocycles. The number of hydrogen-bond donors (Lipinski definition) is 1. The van der Waals surface area contributed by atoms with Gasteiger partial charge in [0.05, 0.1) is 16.4 Å². The van der Waals surface area contributed by atoms with Gasteiger partial charge in [0.2, 0.25) is 5.91 Å². The second-order valence-corrected chi connectivity index (χ2v) is 14.5. The monoisotopic (exact) mass is 785 g/mol. The normalized spacial score (nSPS) is 17.2. The van der Waals surface area contributed by atoms with E-state index in [0.29, 0.717) is 26.9 Å². The van der Waals surface area contributed by atoms with Crippen LogP contribution in [0.15, 0.2) is 102 Å². The molecule has 3 atom stereocenters. The number of β-lactam (4-membered cyclic amide) rings is 1. The maximum Gasteiger partial charge on any atom is 0.355 e. The van der Waals surface area contributed by atoms with Crippen molar-refractivity contribution in [3.8, 4) is 17.2 Å². The third-order valence-electron chi connectivity index (χ3n) is 7.77. The van der Waals surface area contributed by atoms with E-state index in [1.54, 1.807) is 24.3 Å². The number of non-ortho nitro benzene ring substituents is 1. The summed E-state index contributed by atoms with van der Waals surface area (Å²) in [6, 6.07) is 17.8. The van der Waals surface area contributed by atoms with Crippen LogP contribution in [0.25, 0.3) is 0 Å². The molecule has 1 N–H and O–H groups in total. The number of carbonyl (C=O) groups is 3. The van der Waals surface area contributed by atoms with E-state index in [1.165, 1.54) is 70.5 Å². The van der Waals surface area contributed by atoms with Crippen LogP contribution >= 0.6 is 57.9 Å². The number of thiophene rings is 1. The molecule has 0 spiro atoms. The van der Waals surface area contributed by atoms with Gasteiger partial charge >= 0.3 is 5.97 Å². The lowest BCUT2D eigenvalue weighted by Gasteiger charge is -2.50. The van der Waals surface area contributed by atoms with E-state index < -0.39 is 34.3 Å². The van der Waals surface area contributed by atoms with Crippen LogP contribution in [0.3, 0.4) is 0 Å². The summed E-state index contributed by atoms with van der Waals surface area (Å²) >= 11 is 21.5. The first-order chi connectivity index (χ1) is 24.5. The molecule has 2 aliphatic rings. The van der Waals surface area contributed by atoms with Crippen LogP contribution in [0.1, 0.15) is 10.4 Å². The number of nitro benzene ring substituents is 1. The van der Waals surface area contributed by atoms with E-state index in [2.05, 4.69) is 11.9 Å². The Kier molecular flexibility index (Phi) is 11.2. The molecular formula is C35H26Cl3N3O8S2. The number of nitrogens with one attached hydrogen (secondary N) is 1. The van der Waals surface area contributed by atoms with Crippen molar-refractivity contribution >= 4 is 81.4 Å². The van der Waals surface area contributed by atoms with Crippen LogP contribution in [-0.2, 0) is 32.1 Å². The average Bonchev–Trinajstić information content (AvgIpc) is 3.63. The van der Waals surface area contributed by atoms with Gasteiger partial charge in [-0.25, -0.2) is 4.79 Å². The molecule has 2 unspecified atom stereocenters. The zero-order chi connectivity index (χ0) is 36.2. The van der Waals surface area contributed by atoms with E-state index in [-0.39, 0.29) is 52.6 Å². The molecule has 0 radical (unpaired) electrons. The van der Waals surface area contributed by atoms with Crippen LogP contribution in [0.2, 0.25) is 15.1 Å². The Balaban J connectivity index is 1.29. The number of nitrogens with zero attached hydrogens (tertiary/aromatic N) is 2. The largest absolute Gasteiger partial charge is 0.478 e. The Hall–Kier alpha value is -4.53. The summed E-state index contributed by atoms with van der Waals surface area (Å²) in [7, 11) is 0. The Morgan fingerprint density at radius 3 is 2.43 bits per heavy atom. The van der Waals surface area contributed by atoms with Gasteiger partial charge in [-0.3, -0.25) is 24.6 Å². The lowest BCUT2D eigenvalue weighted by atomic mass is 10.00. The first-order valence-electron chi connectivity index (χ1n) is 15.1. The molecule has 0 saturated carbocycles. The summed E-state index contributed by atoms with van der Waals surface area (Å²) < 4.78 is 18.1. The lowest BCUT2D eigenvalue weighted by molar-refractivity contribution is -0.384. The Morgan fingerprint density at radius 2 is 1.76 bits per heavy atom. The standard InChI is InChI=1S/C35H26Cl3N3O8S2/c1-2-26(48-29-15-21(37)8-12-28(29)49-27-11-7-20(36)14-25(27)38)24-18-51-34-31(39-30(42)16-23-4-3-13-50-23)33(43)40(34)32(24)35(44)47-17-19-5-9-22(10-6-19)41(45)46/h2-15,26,31,34H,1,16-18H2,(H,39,42)/t26?,31?,34-/m0/s1. The molecular weight excluding hydrogens is 761 g/mol. The fourth-order valence-electron chi connectivity index (χ4n) is 5.31. The smallest absolute Gasteiger partial charge is 0.355 e. The van der Waals surface area contributed by atoms with Gasteiger partial charge in [0.15, 0.2) is 11.5 Å². The van der Waals surface area contributed by atoms with Crippen LogP contribution < -0.4 is 14.8 Å². The molecule has 0 bridgehead atoms. The first-order valence-corrected chi connectivity index (χ1v) is 18.2. The molecule has 1 aromatic heterocycles. The first kappa shape index (κ1) is 36.3. The van der Waals surface area contributed by atoms with E-state index in [1.807, 2.05) is 17.5 Å². The second-order valence-electron chi connectivity index (χ2n) is 11.1. The number of benzene rings is 3. The van der Waals surface area contributed by atoms with Gasteiger partial charge < -0.3 is 19.5 Å². The summed E-state index contributed by atoms with van der Waals surface area (Å²) in [6.45, 7) is 3.69. The molecule has 0 aliphatic carbocycles. The minimum atomic E-state index is -0.984. The molecule has 16 heteroatoms. The molecule has 3 heterocycles. The van der Waals surface area contributed by atoms with Gasteiger partial charge in [-0.15, -0.1) is 23.1 Å². The van der Waals surface area contributed by atoms with E-state index in [9.17, 15) is 24.5 Å². The quantitative estimate of drug-likeness (QED) is 0.0470. The summed E-state index contributed by atoms with van der Waals surface area (Å²) in [5, 5.41) is 16.2. The Morgan fingerprint density at radius 1 is 1.04 bits per heavy atom. The van der Waals surface area contributed by atoms with Crippen molar-refractivity contribution < 1.29 is 33.5 Å². The second kappa shape index (κ2) is 15.8. The van der Waals surface area contributed by atoms with Gasteiger partial charge in [0.1, 0.15) is 35.6 Å². The van der Waals surface area contributed by atoms with E-state index in [0.717, 1.165) is 4.88 Å². The number of amides is 2. The highest BCUT2D eigenvalue weighted by Crippen LogP contribution is 2.44. The Bertz CT molecular complexity index is 2040. The van der Waals surface area contributed by atoms with Crippen molar-refractivity contribution in [3.63, 3.8) is 0 Å². The number of carbonyl (C=O) groups excluding carboxylic acids is 3. The molecule has 1 saturated heterocycles. The minimum absolute atomic E-state index is 0.0652. The van der Waals surface area contributed by atoms with Crippen molar-refractivity contribution in [3.05, 3.63) is 138 Å². The van der Waals surface area contributed by atoms with Crippen molar-refractivity contribution in [2.24, 2.45) is 0 Å². The number of thioether (sulfide) groups is 1. The maximum atomic E-state index is 13.9. The van der Waals surface area contributed by atoms with Crippen molar-refractivity contribution in [1.82, 2.24) is 10.2 Å². The molecule has 11 nitrogen and oxygen atoms in total. The number of esters is 1. The molecule has 2 aliphatic heterocycles. The van der Waals surface area contributed by atoms with Crippen molar-refractivity contribution in [2.75, 3.05) is 5.75 Å². The van der Waals surface area contributed by atoms with Gasteiger partial charge in [0.25, 0.3) is 11.6 Å². The molecule has 4 aromatic rings. The fraction of sp³-hybridized carbons (Fsp3) is 0.171. The fourth-order valence-corrected chi connectivity index (χ4v) is 8.01. The summed E-state index contributed by atoms with van der Waals surface area (Å²) in [5.41, 5.74) is 0.676. The molecule has 51 heavy (non-hydrogen) atoms. The zero-order valence-electron chi connectivity index (χ0n) is 26.3. The SMILES string of the molecule is C=CC(Oc1cc(Cl)ccc1Oc1ccc(Cl)cc1Cl)C1=C(C(=O)OCc2ccc([N+](=O)[O-])cc2)N2C(=O)C(NC(=O)Cc3cccs3)[C@@H]2SC1. The van der Waals surface area contributed by atoms with Crippen molar-refractivity contribution in [2.45, 2.75) is 30.5 Å². The van der Waals surface area contributed by atoms with Gasteiger partial charge in [-0.05, 0) is 65.6 Å². The average molecular weight is 787 g/mol. The third-order valence-corrected chi connectivity index (χ3v) is 10.7. The lowest BCUT2D eigenvalue weighted by Crippen LogP contribution is -2.71. The highest BCUT2D eigenvalue weighted by atomic mass is 35.5. The Labute approximate surface area is 314 Å². The number of hydrogen-bond acceptors (Lipinski definition) is 10. The van der Waals surface area contributed by atoms with Crippen molar-refractivity contribution in [1.29, 1.82) is 0 Å². The number of ether oxygens (including phenoxy) is 3. The number of fused-ring (bicyclic) bond motifs is 1. The van der Waals surface area contributed by atoms with Gasteiger partial charge in [-0.2, -0.15) is 0 Å². The molecule has 2 amide bonds. The molecule has 262 valence electrons. The molecule has 1 fully saturated rings. The number of rotatable bonds is 13. The number of nitro groups is 1. The predicted octanol–water partition coefficient (Wildman–Crippen LogP) is 7.98. The van der Waals surface area contributed by atoms with Crippen LogP contribution in [0.5, 0.6) is 17.2 Å². The number of halogens is 3. The topological polar surface area (TPSA) is 137 Å².